The van der Waals surface area contributed by atoms with E-state index in [9.17, 15) is 0 Å². The minimum atomic E-state index is 0.775. The van der Waals surface area contributed by atoms with Crippen molar-refractivity contribution in [2.24, 2.45) is 11.8 Å². The molecule has 2 heteroatoms. The number of nitrogens with one attached hydrogen (secondary N) is 1. The fourth-order valence-electron chi connectivity index (χ4n) is 4.12. The van der Waals surface area contributed by atoms with E-state index in [-0.39, 0.29) is 0 Å². The van der Waals surface area contributed by atoms with Crippen LogP contribution in [0.4, 0.5) is 0 Å². The molecule has 3 rings (SSSR count). The van der Waals surface area contributed by atoms with Crippen LogP contribution in [0.3, 0.4) is 0 Å². The van der Waals surface area contributed by atoms with Gasteiger partial charge in [-0.1, -0.05) is 24.3 Å². The van der Waals surface area contributed by atoms with Gasteiger partial charge in [-0.15, -0.1) is 0 Å². The van der Waals surface area contributed by atoms with E-state index in [1.165, 1.54) is 50.8 Å². The van der Waals surface area contributed by atoms with Gasteiger partial charge < -0.3 is 5.32 Å². The molecule has 1 aromatic carbocycles. The summed E-state index contributed by atoms with van der Waals surface area (Å²) < 4.78 is 0. The first-order valence-electron chi connectivity index (χ1n) is 8.17. The van der Waals surface area contributed by atoms with Crippen LogP contribution < -0.4 is 5.32 Å². The maximum atomic E-state index is 3.91. The van der Waals surface area contributed by atoms with E-state index in [0.29, 0.717) is 0 Å². The van der Waals surface area contributed by atoms with Gasteiger partial charge in [0.1, 0.15) is 0 Å². The standard InChI is InChI=1S/C18H27NS/c1-20-11-5-4-10-19-18-16-8-9-17(18)13-15-7-3-2-6-14(15)12-16/h2-3,6-7,16-19H,4-5,8-13H2,1H3. The van der Waals surface area contributed by atoms with Crippen molar-refractivity contribution in [1.82, 2.24) is 5.32 Å². The van der Waals surface area contributed by atoms with Crippen LogP contribution in [-0.2, 0) is 12.8 Å². The first-order valence-corrected chi connectivity index (χ1v) is 9.57. The topological polar surface area (TPSA) is 12.0 Å². The smallest absolute Gasteiger partial charge is 0.0130 e. The molecule has 2 bridgehead atoms. The molecule has 20 heavy (non-hydrogen) atoms. The third kappa shape index (κ3) is 3.23. The first-order chi connectivity index (χ1) is 9.88. The van der Waals surface area contributed by atoms with Gasteiger partial charge in [-0.2, -0.15) is 11.8 Å². The van der Waals surface area contributed by atoms with Gasteiger partial charge in [0.05, 0.1) is 0 Å². The molecule has 2 aliphatic rings. The van der Waals surface area contributed by atoms with Gasteiger partial charge in [0, 0.05) is 6.04 Å². The van der Waals surface area contributed by atoms with Crippen molar-refractivity contribution >= 4 is 11.8 Å². The molecule has 110 valence electrons. The van der Waals surface area contributed by atoms with Gasteiger partial charge in [0.15, 0.2) is 0 Å². The zero-order valence-corrected chi connectivity index (χ0v) is 13.4. The van der Waals surface area contributed by atoms with E-state index >= 15 is 0 Å². The van der Waals surface area contributed by atoms with E-state index < -0.39 is 0 Å². The Labute approximate surface area is 127 Å². The van der Waals surface area contributed by atoms with Crippen molar-refractivity contribution in [2.75, 3.05) is 18.6 Å². The fraction of sp³-hybridized carbons (Fsp3) is 0.667. The molecule has 0 spiro atoms. The van der Waals surface area contributed by atoms with E-state index in [0.717, 1.165) is 17.9 Å². The molecule has 0 aromatic heterocycles. The highest BCUT2D eigenvalue weighted by atomic mass is 32.2. The molecule has 2 aliphatic carbocycles. The minimum Gasteiger partial charge on any atom is -0.313 e. The van der Waals surface area contributed by atoms with Crippen LogP contribution in [0, 0.1) is 11.8 Å². The predicted octanol–water partition coefficient (Wildman–Crippen LogP) is 3.91. The van der Waals surface area contributed by atoms with Crippen molar-refractivity contribution in [3.05, 3.63) is 35.4 Å². The van der Waals surface area contributed by atoms with Crippen molar-refractivity contribution < 1.29 is 0 Å². The lowest BCUT2D eigenvalue weighted by molar-refractivity contribution is 0.341. The third-order valence-electron chi connectivity index (χ3n) is 5.16. The molecule has 2 unspecified atom stereocenters. The predicted molar refractivity (Wildman–Crippen MR) is 89.5 cm³/mol. The molecule has 0 amide bonds. The second kappa shape index (κ2) is 7.00. The minimum absolute atomic E-state index is 0.775. The van der Waals surface area contributed by atoms with Crippen LogP contribution in [0.1, 0.15) is 36.8 Å². The Morgan fingerprint density at radius 2 is 1.70 bits per heavy atom. The number of benzene rings is 1. The Morgan fingerprint density at radius 1 is 1.05 bits per heavy atom. The lowest BCUT2D eigenvalue weighted by atomic mass is 9.94. The highest BCUT2D eigenvalue weighted by Gasteiger charge is 2.38. The van der Waals surface area contributed by atoms with Gasteiger partial charge in [0.25, 0.3) is 0 Å². The number of hydrogen-bond acceptors (Lipinski definition) is 2. The van der Waals surface area contributed by atoms with E-state index in [1.807, 2.05) is 11.8 Å². The highest BCUT2D eigenvalue weighted by Crippen LogP contribution is 2.39. The average molecular weight is 289 g/mol. The van der Waals surface area contributed by atoms with Crippen LogP contribution in [-0.4, -0.2) is 24.6 Å². The lowest BCUT2D eigenvalue weighted by Crippen LogP contribution is -2.38. The third-order valence-corrected chi connectivity index (χ3v) is 5.86. The summed E-state index contributed by atoms with van der Waals surface area (Å²) in [7, 11) is 0. The van der Waals surface area contributed by atoms with Crippen LogP contribution in [0.15, 0.2) is 24.3 Å². The average Bonchev–Trinajstić information content (AvgIpc) is 2.74. The van der Waals surface area contributed by atoms with E-state index in [2.05, 4.69) is 35.8 Å². The van der Waals surface area contributed by atoms with Crippen molar-refractivity contribution in [1.29, 1.82) is 0 Å². The number of fused-ring (bicyclic) bond motifs is 3. The van der Waals surface area contributed by atoms with Crippen molar-refractivity contribution in [2.45, 2.75) is 44.6 Å². The summed E-state index contributed by atoms with van der Waals surface area (Å²) in [4.78, 5) is 0. The van der Waals surface area contributed by atoms with E-state index in [4.69, 9.17) is 0 Å². The summed E-state index contributed by atoms with van der Waals surface area (Å²) in [6, 6.07) is 9.90. The maximum Gasteiger partial charge on any atom is 0.0130 e. The summed E-state index contributed by atoms with van der Waals surface area (Å²) in [5, 5.41) is 3.91. The van der Waals surface area contributed by atoms with Gasteiger partial charge in [-0.25, -0.2) is 0 Å². The lowest BCUT2D eigenvalue weighted by Gasteiger charge is -2.23. The molecular formula is C18H27NS. The highest BCUT2D eigenvalue weighted by molar-refractivity contribution is 7.98. The zero-order chi connectivity index (χ0) is 13.8. The molecular weight excluding hydrogens is 262 g/mol. The molecule has 1 aromatic rings. The molecule has 1 N–H and O–H groups in total. The molecule has 1 nitrogen and oxygen atoms in total. The number of thioether (sulfide) groups is 1. The normalized spacial score (nSPS) is 28.1. The van der Waals surface area contributed by atoms with Gasteiger partial charge in [0.2, 0.25) is 0 Å². The van der Waals surface area contributed by atoms with Gasteiger partial charge in [-0.05, 0) is 80.0 Å². The molecule has 2 atom stereocenters. The maximum absolute atomic E-state index is 3.91. The van der Waals surface area contributed by atoms with E-state index in [1.54, 1.807) is 11.1 Å². The van der Waals surface area contributed by atoms with Crippen LogP contribution in [0.25, 0.3) is 0 Å². The van der Waals surface area contributed by atoms with Crippen molar-refractivity contribution in [3.63, 3.8) is 0 Å². The Hall–Kier alpha value is -0.470. The largest absolute Gasteiger partial charge is 0.313 e. The molecule has 0 saturated heterocycles. The Balaban J connectivity index is 1.58. The Morgan fingerprint density at radius 3 is 2.30 bits per heavy atom. The first kappa shape index (κ1) is 14.5. The van der Waals surface area contributed by atoms with Gasteiger partial charge >= 0.3 is 0 Å². The quantitative estimate of drug-likeness (QED) is 0.797. The fourth-order valence-corrected chi connectivity index (χ4v) is 4.62. The molecule has 0 heterocycles. The van der Waals surface area contributed by atoms with Gasteiger partial charge in [-0.3, -0.25) is 0 Å². The molecule has 1 fully saturated rings. The summed E-state index contributed by atoms with van der Waals surface area (Å²) in [6.07, 6.45) is 10.4. The van der Waals surface area contributed by atoms with Crippen LogP contribution in [0.5, 0.6) is 0 Å². The SMILES string of the molecule is CSCCCCNC1C2CCC1Cc1ccccc1C2. The monoisotopic (exact) mass is 289 g/mol. The van der Waals surface area contributed by atoms with Crippen molar-refractivity contribution in [3.8, 4) is 0 Å². The molecule has 1 saturated carbocycles. The summed E-state index contributed by atoms with van der Waals surface area (Å²) >= 11 is 1.97. The summed E-state index contributed by atoms with van der Waals surface area (Å²) in [5.74, 6) is 3.07. The summed E-state index contributed by atoms with van der Waals surface area (Å²) in [5.41, 5.74) is 3.24. The second-order valence-electron chi connectivity index (χ2n) is 6.45. The number of hydrogen-bond donors (Lipinski definition) is 1. The second-order valence-corrected chi connectivity index (χ2v) is 7.44. The molecule has 0 radical (unpaired) electrons. The Kier molecular flexibility index (Phi) is 5.06. The molecule has 0 aliphatic heterocycles. The number of rotatable bonds is 6. The summed E-state index contributed by atoms with van der Waals surface area (Å²) in [6.45, 7) is 1.22. The number of unbranched alkanes of at least 4 members (excludes halogenated alkanes) is 1. The zero-order valence-electron chi connectivity index (χ0n) is 12.6. The Bertz CT molecular complexity index is 398. The van der Waals surface area contributed by atoms with Crippen LogP contribution >= 0.6 is 11.8 Å². The van der Waals surface area contributed by atoms with Crippen LogP contribution in [0.2, 0.25) is 0 Å².